The van der Waals surface area contributed by atoms with Crippen LogP contribution in [0.5, 0.6) is 11.6 Å². The highest BCUT2D eigenvalue weighted by Gasteiger charge is 2.32. The van der Waals surface area contributed by atoms with Crippen LogP contribution in [-0.4, -0.2) is 4.98 Å². The van der Waals surface area contributed by atoms with Crippen LogP contribution in [0.1, 0.15) is 5.69 Å². The van der Waals surface area contributed by atoms with Crippen LogP contribution in [0.15, 0.2) is 36.4 Å². The number of aromatic nitrogens is 1. The highest BCUT2D eigenvalue weighted by Crippen LogP contribution is 2.30. The standard InChI is InChI=1S/C12H6F4NO/c13-8-4-1-2-5-9(8)18-11-7-3-6-10(17-11)12(14,15)16/h1-3,5-7H. The zero-order valence-electron chi connectivity index (χ0n) is 8.83. The molecule has 0 atom stereocenters. The van der Waals surface area contributed by atoms with Crippen LogP contribution < -0.4 is 4.74 Å². The third-order valence-electron chi connectivity index (χ3n) is 2.00. The Bertz CT molecular complexity index is 554. The van der Waals surface area contributed by atoms with Gasteiger partial charge in [-0.3, -0.25) is 0 Å². The lowest BCUT2D eigenvalue weighted by atomic mass is 10.3. The first kappa shape index (κ1) is 12.3. The summed E-state index contributed by atoms with van der Waals surface area (Å²) in [5.74, 6) is -1.36. The molecular weight excluding hydrogens is 250 g/mol. The summed E-state index contributed by atoms with van der Waals surface area (Å²) in [6, 6.07) is 9.42. The Hall–Kier alpha value is -2.11. The SMILES string of the molecule is Fc1[c]cccc1Oc1cccc(C(F)(F)F)n1. The maximum Gasteiger partial charge on any atom is 0.433 e. The van der Waals surface area contributed by atoms with E-state index in [1.54, 1.807) is 0 Å². The van der Waals surface area contributed by atoms with Crippen molar-refractivity contribution >= 4 is 0 Å². The zero-order chi connectivity index (χ0) is 13.2. The minimum Gasteiger partial charge on any atom is -0.436 e. The van der Waals surface area contributed by atoms with Gasteiger partial charge in [-0.25, -0.2) is 9.37 Å². The molecule has 0 aliphatic heterocycles. The second kappa shape index (κ2) is 4.64. The number of benzene rings is 1. The third-order valence-corrected chi connectivity index (χ3v) is 2.00. The van der Waals surface area contributed by atoms with Gasteiger partial charge in [0.15, 0.2) is 11.6 Å². The van der Waals surface area contributed by atoms with E-state index in [9.17, 15) is 17.6 Å². The van der Waals surface area contributed by atoms with E-state index in [1.807, 2.05) is 0 Å². The van der Waals surface area contributed by atoms with Gasteiger partial charge < -0.3 is 4.74 Å². The average molecular weight is 256 g/mol. The molecular formula is C12H6F4NO. The summed E-state index contributed by atoms with van der Waals surface area (Å²) in [4.78, 5) is 3.25. The van der Waals surface area contributed by atoms with Crippen LogP contribution in [0.2, 0.25) is 0 Å². The van der Waals surface area contributed by atoms with Crippen molar-refractivity contribution in [2.75, 3.05) is 0 Å². The number of pyridine rings is 1. The van der Waals surface area contributed by atoms with Gasteiger partial charge in [-0.2, -0.15) is 13.2 Å². The van der Waals surface area contributed by atoms with Gasteiger partial charge in [0, 0.05) is 12.1 Å². The summed E-state index contributed by atoms with van der Waals surface area (Å²) < 4.78 is 55.3. The fourth-order valence-corrected chi connectivity index (χ4v) is 1.22. The molecule has 0 saturated carbocycles. The smallest absolute Gasteiger partial charge is 0.433 e. The summed E-state index contributed by atoms with van der Waals surface area (Å²) in [7, 11) is 0. The molecule has 0 fully saturated rings. The highest BCUT2D eigenvalue weighted by atomic mass is 19.4. The molecule has 0 saturated heterocycles. The fourth-order valence-electron chi connectivity index (χ4n) is 1.22. The molecule has 2 nitrogen and oxygen atoms in total. The van der Waals surface area contributed by atoms with Gasteiger partial charge in [0.2, 0.25) is 5.88 Å². The van der Waals surface area contributed by atoms with Crippen molar-refractivity contribution in [3.05, 3.63) is 54.0 Å². The normalized spacial score (nSPS) is 11.3. The van der Waals surface area contributed by atoms with E-state index in [4.69, 9.17) is 4.74 Å². The Morgan fingerprint density at radius 3 is 2.56 bits per heavy atom. The quantitative estimate of drug-likeness (QED) is 0.762. The number of hydrogen-bond acceptors (Lipinski definition) is 2. The minimum atomic E-state index is -4.57. The lowest BCUT2D eigenvalue weighted by Gasteiger charge is -2.08. The van der Waals surface area contributed by atoms with Crippen molar-refractivity contribution < 1.29 is 22.3 Å². The lowest BCUT2D eigenvalue weighted by Crippen LogP contribution is -2.08. The molecule has 93 valence electrons. The topological polar surface area (TPSA) is 22.1 Å². The van der Waals surface area contributed by atoms with Crippen molar-refractivity contribution in [2.45, 2.75) is 6.18 Å². The Morgan fingerprint density at radius 1 is 1.11 bits per heavy atom. The fraction of sp³-hybridized carbons (Fsp3) is 0.0833. The van der Waals surface area contributed by atoms with Crippen LogP contribution in [0.3, 0.4) is 0 Å². The zero-order valence-corrected chi connectivity index (χ0v) is 8.83. The third kappa shape index (κ3) is 2.77. The molecule has 1 radical (unpaired) electrons. The molecule has 0 amide bonds. The lowest BCUT2D eigenvalue weighted by molar-refractivity contribution is -0.141. The highest BCUT2D eigenvalue weighted by molar-refractivity contribution is 5.28. The number of nitrogens with zero attached hydrogens (tertiary/aromatic N) is 1. The van der Waals surface area contributed by atoms with Gasteiger partial charge >= 0.3 is 6.18 Å². The summed E-state index contributed by atoms with van der Waals surface area (Å²) in [5, 5.41) is 0. The Balaban J connectivity index is 2.28. The van der Waals surface area contributed by atoms with Gasteiger partial charge in [-0.05, 0) is 12.1 Å². The minimum absolute atomic E-state index is 0.232. The maximum atomic E-state index is 13.2. The average Bonchev–Trinajstić information content (AvgIpc) is 2.31. The van der Waals surface area contributed by atoms with E-state index in [2.05, 4.69) is 11.1 Å². The number of alkyl halides is 3. The van der Waals surface area contributed by atoms with Crippen LogP contribution in [0, 0.1) is 11.9 Å². The van der Waals surface area contributed by atoms with E-state index in [-0.39, 0.29) is 11.6 Å². The summed E-state index contributed by atoms with van der Waals surface area (Å²) in [6.45, 7) is 0. The molecule has 0 N–H and O–H groups in total. The van der Waals surface area contributed by atoms with Gasteiger partial charge in [0.1, 0.15) is 5.69 Å². The molecule has 1 aromatic carbocycles. The van der Waals surface area contributed by atoms with Crippen molar-refractivity contribution in [2.24, 2.45) is 0 Å². The van der Waals surface area contributed by atoms with Crippen LogP contribution in [0.25, 0.3) is 0 Å². The van der Waals surface area contributed by atoms with E-state index >= 15 is 0 Å². The molecule has 6 heteroatoms. The van der Waals surface area contributed by atoms with Gasteiger partial charge in [-0.15, -0.1) is 0 Å². The van der Waals surface area contributed by atoms with Crippen LogP contribution >= 0.6 is 0 Å². The van der Waals surface area contributed by atoms with Crippen molar-refractivity contribution in [1.82, 2.24) is 4.98 Å². The number of rotatable bonds is 2. The predicted octanol–water partition coefficient (Wildman–Crippen LogP) is 3.83. The van der Waals surface area contributed by atoms with Crippen LogP contribution in [-0.2, 0) is 6.18 Å². The Kier molecular flexibility index (Phi) is 3.18. The second-order valence-electron chi connectivity index (χ2n) is 3.31. The first-order valence-electron chi connectivity index (χ1n) is 4.85. The molecule has 0 bridgehead atoms. The predicted molar refractivity (Wildman–Crippen MR) is 54.5 cm³/mol. The van der Waals surface area contributed by atoms with Crippen molar-refractivity contribution in [3.8, 4) is 11.6 Å². The maximum absolute atomic E-state index is 13.2. The van der Waals surface area contributed by atoms with Crippen molar-refractivity contribution in [1.29, 1.82) is 0 Å². The van der Waals surface area contributed by atoms with E-state index in [1.165, 1.54) is 24.3 Å². The number of hydrogen-bond donors (Lipinski definition) is 0. The van der Waals surface area contributed by atoms with Crippen molar-refractivity contribution in [3.63, 3.8) is 0 Å². The van der Waals surface area contributed by atoms with E-state index in [0.717, 1.165) is 12.1 Å². The molecule has 0 aliphatic rings. The molecule has 18 heavy (non-hydrogen) atoms. The second-order valence-corrected chi connectivity index (χ2v) is 3.31. The Labute approximate surface area is 99.8 Å². The monoisotopic (exact) mass is 256 g/mol. The van der Waals surface area contributed by atoms with E-state index < -0.39 is 17.7 Å². The number of halogens is 4. The summed E-state index contributed by atoms with van der Waals surface area (Å²) in [5.41, 5.74) is -1.10. The summed E-state index contributed by atoms with van der Waals surface area (Å²) in [6.07, 6.45) is -4.57. The molecule has 0 spiro atoms. The van der Waals surface area contributed by atoms with Gasteiger partial charge in [-0.1, -0.05) is 18.2 Å². The molecule has 0 unspecified atom stereocenters. The van der Waals surface area contributed by atoms with Gasteiger partial charge in [0.25, 0.3) is 0 Å². The first-order valence-corrected chi connectivity index (χ1v) is 4.85. The van der Waals surface area contributed by atoms with E-state index in [0.29, 0.717) is 0 Å². The molecule has 1 aromatic heterocycles. The molecule has 2 rings (SSSR count). The largest absolute Gasteiger partial charge is 0.436 e. The molecule has 1 heterocycles. The van der Waals surface area contributed by atoms with Gasteiger partial charge in [0.05, 0.1) is 0 Å². The van der Waals surface area contributed by atoms with Crippen LogP contribution in [0.4, 0.5) is 17.6 Å². The molecule has 2 aromatic rings. The number of ether oxygens (including phenoxy) is 1. The summed E-state index contributed by atoms with van der Waals surface area (Å²) >= 11 is 0. The Morgan fingerprint density at radius 2 is 1.89 bits per heavy atom. The first-order chi connectivity index (χ1) is 8.47. The molecule has 0 aliphatic carbocycles.